The zero-order valence-corrected chi connectivity index (χ0v) is 6.57. The Kier molecular flexibility index (Phi) is 1.47. The van der Waals surface area contributed by atoms with Gasteiger partial charge in [-0.2, -0.15) is 10.5 Å². The molecule has 0 fully saturated rings. The number of rotatable bonds is 0. The van der Waals surface area contributed by atoms with Gasteiger partial charge in [-0.05, 0) is 12.1 Å². The quantitative estimate of drug-likeness (QED) is 0.644. The molecule has 4 nitrogen and oxygen atoms in total. The van der Waals surface area contributed by atoms with Crippen molar-refractivity contribution in [2.24, 2.45) is 0 Å². The molecule has 0 spiro atoms. The number of aromatic amines is 1. The van der Waals surface area contributed by atoms with Crippen molar-refractivity contribution in [1.29, 1.82) is 10.5 Å². The number of fused-ring (bicyclic) bond motifs is 1. The number of nitrogens with one attached hydrogen (secondary N) is 1. The molecule has 0 saturated carbocycles. The van der Waals surface area contributed by atoms with Crippen molar-refractivity contribution in [1.82, 2.24) is 9.97 Å². The number of nitriles is 2. The third-order valence-electron chi connectivity index (χ3n) is 1.76. The van der Waals surface area contributed by atoms with E-state index in [2.05, 4.69) is 9.97 Å². The van der Waals surface area contributed by atoms with Crippen molar-refractivity contribution < 1.29 is 0 Å². The average Bonchev–Trinajstić information content (AvgIpc) is 2.62. The van der Waals surface area contributed by atoms with E-state index in [-0.39, 0.29) is 5.69 Å². The number of hydrogen-bond acceptors (Lipinski definition) is 3. The number of aromatic nitrogens is 2. The van der Waals surface area contributed by atoms with E-state index >= 15 is 0 Å². The molecule has 2 aromatic heterocycles. The second kappa shape index (κ2) is 2.62. The van der Waals surface area contributed by atoms with Crippen LogP contribution in [0.5, 0.6) is 0 Å². The van der Waals surface area contributed by atoms with E-state index in [1.807, 2.05) is 18.2 Å². The zero-order valence-electron chi connectivity index (χ0n) is 6.57. The minimum atomic E-state index is 0.164. The fourth-order valence-corrected chi connectivity index (χ4v) is 1.15. The molecule has 2 rings (SSSR count). The van der Waals surface area contributed by atoms with E-state index in [9.17, 15) is 0 Å². The monoisotopic (exact) mass is 168 g/mol. The normalized spacial score (nSPS) is 9.38. The standard InChI is InChI=1S/C9H4N4/c10-4-7-3-6-1-2-12-9(6)13-8(7)5-11/h1-3H,(H,12,13). The average molecular weight is 168 g/mol. The smallest absolute Gasteiger partial charge is 0.160 e. The molecular formula is C9H4N4. The Balaban J connectivity index is 2.85. The van der Waals surface area contributed by atoms with Crippen molar-refractivity contribution in [2.75, 3.05) is 0 Å². The van der Waals surface area contributed by atoms with Gasteiger partial charge in [-0.25, -0.2) is 4.98 Å². The zero-order chi connectivity index (χ0) is 9.26. The van der Waals surface area contributed by atoms with Gasteiger partial charge in [0.1, 0.15) is 17.8 Å². The van der Waals surface area contributed by atoms with Gasteiger partial charge in [0, 0.05) is 11.6 Å². The molecule has 0 unspecified atom stereocenters. The van der Waals surface area contributed by atoms with Gasteiger partial charge in [-0.3, -0.25) is 0 Å². The molecule has 1 N–H and O–H groups in total. The predicted molar refractivity (Wildman–Crippen MR) is 45.5 cm³/mol. The fraction of sp³-hybridized carbons (Fsp3) is 0. The Morgan fingerprint density at radius 2 is 2.15 bits per heavy atom. The Morgan fingerprint density at radius 1 is 1.31 bits per heavy atom. The first-order valence-electron chi connectivity index (χ1n) is 3.63. The Bertz CT molecular complexity index is 491. The van der Waals surface area contributed by atoms with E-state index in [1.165, 1.54) is 0 Å². The van der Waals surface area contributed by atoms with Crippen LogP contribution in [-0.2, 0) is 0 Å². The van der Waals surface area contributed by atoms with Gasteiger partial charge in [-0.1, -0.05) is 0 Å². The molecule has 0 aliphatic carbocycles. The highest BCUT2D eigenvalue weighted by molar-refractivity contribution is 5.78. The lowest BCUT2D eigenvalue weighted by Crippen LogP contribution is -1.89. The summed E-state index contributed by atoms with van der Waals surface area (Å²) in [5, 5.41) is 18.2. The van der Waals surface area contributed by atoms with Crippen molar-refractivity contribution in [3.05, 3.63) is 29.6 Å². The SMILES string of the molecule is N#Cc1cc2cc[nH]c2nc1C#N. The van der Waals surface area contributed by atoms with Crippen molar-refractivity contribution in [3.63, 3.8) is 0 Å². The van der Waals surface area contributed by atoms with Crippen LogP contribution in [0.4, 0.5) is 0 Å². The van der Waals surface area contributed by atoms with Crippen molar-refractivity contribution >= 4 is 11.0 Å². The lowest BCUT2D eigenvalue weighted by atomic mass is 10.2. The van der Waals surface area contributed by atoms with Crippen LogP contribution in [0.1, 0.15) is 11.3 Å². The van der Waals surface area contributed by atoms with Crippen molar-refractivity contribution in [3.8, 4) is 12.1 Å². The van der Waals surface area contributed by atoms with Crippen LogP contribution in [-0.4, -0.2) is 9.97 Å². The summed E-state index contributed by atoms with van der Waals surface area (Å²) in [6.45, 7) is 0. The van der Waals surface area contributed by atoms with E-state index in [4.69, 9.17) is 10.5 Å². The maximum Gasteiger partial charge on any atom is 0.160 e. The maximum atomic E-state index is 8.70. The molecule has 4 heteroatoms. The second-order valence-electron chi connectivity index (χ2n) is 2.52. The maximum absolute atomic E-state index is 8.70. The summed E-state index contributed by atoms with van der Waals surface area (Å²) in [5.74, 6) is 0. The minimum absolute atomic E-state index is 0.164. The van der Waals surface area contributed by atoms with Crippen LogP contribution in [0.2, 0.25) is 0 Å². The van der Waals surface area contributed by atoms with Gasteiger partial charge in [0.15, 0.2) is 5.69 Å². The highest BCUT2D eigenvalue weighted by atomic mass is 14.8. The first-order valence-corrected chi connectivity index (χ1v) is 3.63. The summed E-state index contributed by atoms with van der Waals surface area (Å²) in [6.07, 6.45) is 1.72. The molecule has 13 heavy (non-hydrogen) atoms. The van der Waals surface area contributed by atoms with E-state index in [0.717, 1.165) is 5.39 Å². The van der Waals surface area contributed by atoms with Gasteiger partial charge in [0.05, 0.1) is 5.56 Å². The topological polar surface area (TPSA) is 76.3 Å². The Morgan fingerprint density at radius 3 is 2.85 bits per heavy atom. The largest absolute Gasteiger partial charge is 0.346 e. The minimum Gasteiger partial charge on any atom is -0.346 e. The van der Waals surface area contributed by atoms with E-state index in [1.54, 1.807) is 12.3 Å². The summed E-state index contributed by atoms with van der Waals surface area (Å²) in [4.78, 5) is 6.86. The van der Waals surface area contributed by atoms with Gasteiger partial charge >= 0.3 is 0 Å². The molecule has 0 radical (unpaired) electrons. The third-order valence-corrected chi connectivity index (χ3v) is 1.76. The molecule has 0 amide bonds. The molecule has 0 aromatic carbocycles. The number of nitrogens with zero attached hydrogens (tertiary/aromatic N) is 3. The summed E-state index contributed by atoms with van der Waals surface area (Å²) in [7, 11) is 0. The third kappa shape index (κ3) is 1.02. The van der Waals surface area contributed by atoms with Gasteiger partial charge in [0.2, 0.25) is 0 Å². The molecular weight excluding hydrogens is 164 g/mol. The lowest BCUT2D eigenvalue weighted by molar-refractivity contribution is 1.26. The van der Waals surface area contributed by atoms with Gasteiger partial charge in [0.25, 0.3) is 0 Å². The molecule has 0 aliphatic heterocycles. The fourth-order valence-electron chi connectivity index (χ4n) is 1.15. The van der Waals surface area contributed by atoms with E-state index < -0.39 is 0 Å². The van der Waals surface area contributed by atoms with Gasteiger partial charge in [-0.15, -0.1) is 0 Å². The van der Waals surface area contributed by atoms with Crippen LogP contribution in [0.25, 0.3) is 11.0 Å². The molecule has 0 bridgehead atoms. The highest BCUT2D eigenvalue weighted by Gasteiger charge is 2.05. The highest BCUT2D eigenvalue weighted by Crippen LogP contribution is 2.13. The lowest BCUT2D eigenvalue weighted by Gasteiger charge is -1.92. The second-order valence-corrected chi connectivity index (χ2v) is 2.52. The van der Waals surface area contributed by atoms with Crippen LogP contribution in [0.15, 0.2) is 18.3 Å². The molecule has 0 aliphatic rings. The van der Waals surface area contributed by atoms with Crippen LogP contribution in [0.3, 0.4) is 0 Å². The summed E-state index contributed by atoms with van der Waals surface area (Å²) < 4.78 is 0. The van der Waals surface area contributed by atoms with Crippen LogP contribution in [0, 0.1) is 22.7 Å². The molecule has 60 valence electrons. The van der Waals surface area contributed by atoms with E-state index in [0.29, 0.717) is 11.2 Å². The number of H-pyrrole nitrogens is 1. The first-order chi connectivity index (χ1) is 6.35. The molecule has 0 saturated heterocycles. The van der Waals surface area contributed by atoms with Crippen LogP contribution >= 0.6 is 0 Å². The molecule has 0 atom stereocenters. The molecule has 2 heterocycles. The predicted octanol–water partition coefficient (Wildman–Crippen LogP) is 1.31. The Hall–Kier alpha value is -2.33. The first kappa shape index (κ1) is 7.33. The summed E-state index contributed by atoms with van der Waals surface area (Å²) in [6, 6.07) is 7.26. The number of pyridine rings is 1. The van der Waals surface area contributed by atoms with Crippen LogP contribution < -0.4 is 0 Å². The summed E-state index contributed by atoms with van der Waals surface area (Å²) >= 11 is 0. The number of hydrogen-bond donors (Lipinski definition) is 1. The molecule has 2 aromatic rings. The Labute approximate surface area is 74.1 Å². The van der Waals surface area contributed by atoms with Gasteiger partial charge < -0.3 is 4.98 Å². The summed E-state index contributed by atoms with van der Waals surface area (Å²) in [5.41, 5.74) is 1.11. The van der Waals surface area contributed by atoms with Crippen molar-refractivity contribution in [2.45, 2.75) is 0 Å².